The summed E-state index contributed by atoms with van der Waals surface area (Å²) in [5.74, 6) is 0.929. The van der Waals surface area contributed by atoms with E-state index in [-0.39, 0.29) is 23.9 Å². The Hall–Kier alpha value is -0.840. The number of hydrogen-bond acceptors (Lipinski definition) is 4. The van der Waals surface area contributed by atoms with E-state index in [2.05, 4.69) is 39.9 Å². The minimum absolute atomic E-state index is 0.0982. The van der Waals surface area contributed by atoms with Gasteiger partial charge < -0.3 is 19.2 Å². The molecule has 0 aromatic carbocycles. The van der Waals surface area contributed by atoms with Gasteiger partial charge in [0.25, 0.3) is 0 Å². The number of rotatable bonds is 5. The first kappa shape index (κ1) is 16.5. The topological polar surface area (TPSA) is 43.6 Å². The van der Waals surface area contributed by atoms with Crippen molar-refractivity contribution in [3.05, 3.63) is 23.7 Å². The SMILES string of the molecule is CC1CC(OCc2occc2CNC(C)(C)C)CC(C)O1. The van der Waals surface area contributed by atoms with Crippen molar-refractivity contribution in [1.29, 1.82) is 0 Å². The van der Waals surface area contributed by atoms with Crippen molar-refractivity contribution in [2.24, 2.45) is 0 Å². The Bertz CT molecular complexity index is 425. The fourth-order valence-corrected chi connectivity index (χ4v) is 2.69. The lowest BCUT2D eigenvalue weighted by Gasteiger charge is -2.31. The van der Waals surface area contributed by atoms with Gasteiger partial charge in [0.05, 0.1) is 24.6 Å². The molecule has 21 heavy (non-hydrogen) atoms. The van der Waals surface area contributed by atoms with E-state index >= 15 is 0 Å². The highest BCUT2D eigenvalue weighted by atomic mass is 16.5. The minimum atomic E-state index is 0.0982. The molecule has 0 saturated carbocycles. The average molecular weight is 295 g/mol. The summed E-state index contributed by atoms with van der Waals surface area (Å²) >= 11 is 0. The van der Waals surface area contributed by atoms with E-state index in [1.54, 1.807) is 6.26 Å². The predicted octanol–water partition coefficient (Wildman–Crippen LogP) is 3.64. The van der Waals surface area contributed by atoms with Gasteiger partial charge in [0, 0.05) is 17.6 Å². The first-order chi connectivity index (χ1) is 9.83. The van der Waals surface area contributed by atoms with Gasteiger partial charge in [-0.05, 0) is 53.5 Å². The summed E-state index contributed by atoms with van der Waals surface area (Å²) in [6.45, 7) is 12.0. The second-order valence-corrected chi connectivity index (χ2v) is 7.13. The molecule has 1 aliphatic rings. The predicted molar refractivity (Wildman–Crippen MR) is 83.1 cm³/mol. The second-order valence-electron chi connectivity index (χ2n) is 7.13. The van der Waals surface area contributed by atoms with Gasteiger partial charge in [-0.2, -0.15) is 0 Å². The van der Waals surface area contributed by atoms with Crippen LogP contribution in [0.3, 0.4) is 0 Å². The molecule has 0 bridgehead atoms. The zero-order valence-electron chi connectivity index (χ0n) is 13.9. The smallest absolute Gasteiger partial charge is 0.133 e. The summed E-state index contributed by atoms with van der Waals surface area (Å²) in [6, 6.07) is 2.02. The number of hydrogen-bond donors (Lipinski definition) is 1. The molecule has 4 heteroatoms. The van der Waals surface area contributed by atoms with Gasteiger partial charge in [0.1, 0.15) is 12.4 Å². The van der Waals surface area contributed by atoms with Gasteiger partial charge >= 0.3 is 0 Å². The third-order valence-corrected chi connectivity index (χ3v) is 3.75. The summed E-state index contributed by atoms with van der Waals surface area (Å²) in [7, 11) is 0. The molecule has 1 saturated heterocycles. The van der Waals surface area contributed by atoms with Crippen molar-refractivity contribution in [1.82, 2.24) is 5.32 Å². The normalized spacial score (nSPS) is 27.0. The maximum absolute atomic E-state index is 6.04. The van der Waals surface area contributed by atoms with Crippen molar-refractivity contribution >= 4 is 0 Å². The van der Waals surface area contributed by atoms with Crippen molar-refractivity contribution in [2.45, 2.75) is 84.5 Å². The van der Waals surface area contributed by atoms with Crippen LogP contribution in [0.1, 0.15) is 58.8 Å². The average Bonchev–Trinajstić information content (AvgIpc) is 2.79. The third kappa shape index (κ3) is 5.46. The molecule has 0 amide bonds. The molecule has 2 unspecified atom stereocenters. The van der Waals surface area contributed by atoms with Gasteiger partial charge in [-0.25, -0.2) is 0 Å². The highest BCUT2D eigenvalue weighted by Crippen LogP contribution is 2.23. The van der Waals surface area contributed by atoms with Gasteiger partial charge in [-0.3, -0.25) is 0 Å². The van der Waals surface area contributed by atoms with Crippen LogP contribution in [0.4, 0.5) is 0 Å². The lowest BCUT2D eigenvalue weighted by molar-refractivity contribution is -0.108. The van der Waals surface area contributed by atoms with Crippen LogP contribution in [-0.2, 0) is 22.6 Å². The first-order valence-corrected chi connectivity index (χ1v) is 7.91. The Morgan fingerprint density at radius 3 is 2.52 bits per heavy atom. The Labute approximate surface area is 128 Å². The molecule has 2 rings (SSSR count). The molecule has 120 valence electrons. The Kier molecular flexibility index (Phi) is 5.47. The van der Waals surface area contributed by atoms with E-state index in [1.807, 2.05) is 6.07 Å². The summed E-state index contributed by atoms with van der Waals surface area (Å²) in [6.07, 6.45) is 4.47. The summed E-state index contributed by atoms with van der Waals surface area (Å²) in [5.41, 5.74) is 1.28. The standard InChI is InChI=1S/C17H29NO3/c1-12-8-15(9-13(2)21-12)20-11-16-14(6-7-19-16)10-18-17(3,4)5/h6-7,12-13,15,18H,8-11H2,1-5H3. The summed E-state index contributed by atoms with van der Waals surface area (Å²) in [5, 5.41) is 3.48. The minimum Gasteiger partial charge on any atom is -0.467 e. The largest absolute Gasteiger partial charge is 0.467 e. The molecule has 1 aromatic rings. The molecule has 0 aliphatic carbocycles. The van der Waals surface area contributed by atoms with E-state index in [0.29, 0.717) is 6.61 Å². The Morgan fingerprint density at radius 1 is 1.24 bits per heavy atom. The van der Waals surface area contributed by atoms with Crippen LogP contribution in [0, 0.1) is 0 Å². The summed E-state index contributed by atoms with van der Waals surface area (Å²) < 4.78 is 17.4. The quantitative estimate of drug-likeness (QED) is 0.900. The highest BCUT2D eigenvalue weighted by molar-refractivity contribution is 5.16. The zero-order valence-corrected chi connectivity index (χ0v) is 13.9. The first-order valence-electron chi connectivity index (χ1n) is 7.91. The van der Waals surface area contributed by atoms with Crippen molar-refractivity contribution in [3.8, 4) is 0 Å². The fourth-order valence-electron chi connectivity index (χ4n) is 2.69. The number of furan rings is 1. The fraction of sp³-hybridized carbons (Fsp3) is 0.765. The van der Waals surface area contributed by atoms with Gasteiger partial charge in [-0.15, -0.1) is 0 Å². The van der Waals surface area contributed by atoms with Crippen LogP contribution < -0.4 is 5.32 Å². The molecule has 2 heterocycles. The molecule has 1 aromatic heterocycles. The van der Waals surface area contributed by atoms with Crippen LogP contribution in [0.5, 0.6) is 0 Å². The second kappa shape index (κ2) is 6.95. The highest BCUT2D eigenvalue weighted by Gasteiger charge is 2.25. The van der Waals surface area contributed by atoms with Gasteiger partial charge in [0.15, 0.2) is 0 Å². The Morgan fingerprint density at radius 2 is 1.90 bits per heavy atom. The van der Waals surface area contributed by atoms with Crippen LogP contribution in [0.2, 0.25) is 0 Å². The molecular formula is C17H29NO3. The van der Waals surface area contributed by atoms with Crippen molar-refractivity contribution in [2.75, 3.05) is 0 Å². The Balaban J connectivity index is 1.84. The maximum atomic E-state index is 6.04. The number of nitrogens with one attached hydrogen (secondary N) is 1. The van der Waals surface area contributed by atoms with Crippen LogP contribution in [0.15, 0.2) is 16.7 Å². The maximum Gasteiger partial charge on any atom is 0.133 e. The molecule has 2 atom stereocenters. The molecule has 4 nitrogen and oxygen atoms in total. The molecule has 1 N–H and O–H groups in total. The molecule has 0 spiro atoms. The third-order valence-electron chi connectivity index (χ3n) is 3.75. The van der Waals surface area contributed by atoms with Crippen LogP contribution in [0.25, 0.3) is 0 Å². The molecule has 1 aliphatic heterocycles. The van der Waals surface area contributed by atoms with Crippen LogP contribution >= 0.6 is 0 Å². The zero-order chi connectivity index (χ0) is 15.5. The lowest BCUT2D eigenvalue weighted by Crippen LogP contribution is -2.35. The van der Waals surface area contributed by atoms with E-state index in [9.17, 15) is 0 Å². The van der Waals surface area contributed by atoms with Crippen molar-refractivity contribution < 1.29 is 13.9 Å². The van der Waals surface area contributed by atoms with Crippen molar-refractivity contribution in [3.63, 3.8) is 0 Å². The van der Waals surface area contributed by atoms with E-state index in [1.165, 1.54) is 5.56 Å². The molecular weight excluding hydrogens is 266 g/mol. The van der Waals surface area contributed by atoms with E-state index < -0.39 is 0 Å². The number of ether oxygens (including phenoxy) is 2. The van der Waals surface area contributed by atoms with Crippen LogP contribution in [-0.4, -0.2) is 23.9 Å². The monoisotopic (exact) mass is 295 g/mol. The molecule has 1 fully saturated rings. The molecule has 0 radical (unpaired) electrons. The van der Waals surface area contributed by atoms with E-state index in [4.69, 9.17) is 13.9 Å². The van der Waals surface area contributed by atoms with Gasteiger partial charge in [-0.1, -0.05) is 0 Å². The van der Waals surface area contributed by atoms with E-state index in [0.717, 1.165) is 25.1 Å². The van der Waals surface area contributed by atoms with Gasteiger partial charge in [0.2, 0.25) is 0 Å². The summed E-state index contributed by atoms with van der Waals surface area (Å²) in [4.78, 5) is 0. The lowest BCUT2D eigenvalue weighted by atomic mass is 10.0.